The molecule has 0 saturated carbocycles. The standard InChI is InChI=1S/C16H23NO4S/c1-11-6-7-15(12(2)9-11)22(19,20)13(3)16(18)17-10-14-5-4-8-21-14/h6-7,9,13-14H,4-5,8,10H2,1-3H3,(H,17,18)/t13-,14-/m1/s1. The van der Waals surface area contributed by atoms with E-state index in [2.05, 4.69) is 5.32 Å². The first kappa shape index (κ1) is 17.0. The fourth-order valence-electron chi connectivity index (χ4n) is 2.61. The molecule has 1 aliphatic heterocycles. The van der Waals surface area contributed by atoms with Gasteiger partial charge in [-0.1, -0.05) is 17.7 Å². The summed E-state index contributed by atoms with van der Waals surface area (Å²) in [4.78, 5) is 12.4. The van der Waals surface area contributed by atoms with Gasteiger partial charge in [-0.05, 0) is 45.2 Å². The molecule has 0 bridgehead atoms. The lowest BCUT2D eigenvalue weighted by molar-refractivity contribution is -0.120. The summed E-state index contributed by atoms with van der Waals surface area (Å²) >= 11 is 0. The van der Waals surface area contributed by atoms with Crippen LogP contribution in [-0.2, 0) is 19.4 Å². The number of hydrogen-bond donors (Lipinski definition) is 1. The molecule has 22 heavy (non-hydrogen) atoms. The summed E-state index contributed by atoms with van der Waals surface area (Å²) in [6.07, 6.45) is 1.88. The lowest BCUT2D eigenvalue weighted by Crippen LogP contribution is -2.41. The molecule has 1 saturated heterocycles. The van der Waals surface area contributed by atoms with Crippen LogP contribution >= 0.6 is 0 Å². The molecule has 1 aromatic carbocycles. The van der Waals surface area contributed by atoms with Gasteiger partial charge in [0.15, 0.2) is 9.84 Å². The van der Waals surface area contributed by atoms with Crippen molar-refractivity contribution in [2.24, 2.45) is 0 Å². The molecule has 1 aromatic rings. The predicted molar refractivity (Wildman–Crippen MR) is 84.5 cm³/mol. The van der Waals surface area contributed by atoms with Gasteiger partial charge < -0.3 is 10.1 Å². The highest BCUT2D eigenvalue weighted by Crippen LogP contribution is 2.21. The number of carbonyl (C=O) groups excluding carboxylic acids is 1. The number of sulfone groups is 1. The SMILES string of the molecule is Cc1ccc(S(=O)(=O)[C@H](C)C(=O)NC[C@H]2CCCO2)c(C)c1. The zero-order valence-corrected chi connectivity index (χ0v) is 14.1. The molecular weight excluding hydrogens is 302 g/mol. The molecule has 0 radical (unpaired) electrons. The van der Waals surface area contributed by atoms with Gasteiger partial charge in [-0.3, -0.25) is 4.79 Å². The fraction of sp³-hybridized carbons (Fsp3) is 0.562. The summed E-state index contributed by atoms with van der Waals surface area (Å²) < 4.78 is 30.6. The van der Waals surface area contributed by atoms with E-state index in [1.165, 1.54) is 6.92 Å². The Labute approximate surface area is 132 Å². The maximum Gasteiger partial charge on any atom is 0.238 e. The van der Waals surface area contributed by atoms with Crippen LogP contribution in [-0.4, -0.2) is 38.8 Å². The van der Waals surface area contributed by atoms with E-state index in [-0.39, 0.29) is 11.0 Å². The van der Waals surface area contributed by atoms with Crippen LogP contribution in [0.15, 0.2) is 23.1 Å². The van der Waals surface area contributed by atoms with E-state index in [0.717, 1.165) is 18.4 Å². The van der Waals surface area contributed by atoms with Gasteiger partial charge in [-0.2, -0.15) is 0 Å². The molecule has 2 rings (SSSR count). The monoisotopic (exact) mass is 325 g/mol. The second kappa shape index (κ2) is 6.79. The van der Waals surface area contributed by atoms with E-state index in [4.69, 9.17) is 4.74 Å². The van der Waals surface area contributed by atoms with Crippen molar-refractivity contribution in [3.05, 3.63) is 29.3 Å². The molecule has 2 atom stereocenters. The molecule has 1 N–H and O–H groups in total. The Kier molecular flexibility index (Phi) is 5.24. The van der Waals surface area contributed by atoms with Gasteiger partial charge in [0.25, 0.3) is 0 Å². The van der Waals surface area contributed by atoms with E-state index < -0.39 is 21.0 Å². The minimum absolute atomic E-state index is 0.0000323. The van der Waals surface area contributed by atoms with Gasteiger partial charge in [0.1, 0.15) is 5.25 Å². The number of rotatable bonds is 5. The number of hydrogen-bond acceptors (Lipinski definition) is 4. The van der Waals surface area contributed by atoms with Gasteiger partial charge >= 0.3 is 0 Å². The molecule has 1 heterocycles. The third kappa shape index (κ3) is 3.67. The van der Waals surface area contributed by atoms with Crippen molar-refractivity contribution < 1.29 is 17.9 Å². The van der Waals surface area contributed by atoms with Crippen LogP contribution in [0.5, 0.6) is 0 Å². The summed E-state index contributed by atoms with van der Waals surface area (Å²) in [6, 6.07) is 5.13. The van der Waals surface area contributed by atoms with Crippen LogP contribution in [0, 0.1) is 13.8 Å². The third-order valence-corrected chi connectivity index (χ3v) is 6.22. The first-order valence-electron chi connectivity index (χ1n) is 7.53. The predicted octanol–water partition coefficient (Wildman–Crippen LogP) is 1.76. The van der Waals surface area contributed by atoms with Crippen molar-refractivity contribution in [1.82, 2.24) is 5.32 Å². The van der Waals surface area contributed by atoms with Crippen LogP contribution in [0.4, 0.5) is 0 Å². The second-order valence-electron chi connectivity index (χ2n) is 5.84. The highest BCUT2D eigenvalue weighted by Gasteiger charge is 2.31. The van der Waals surface area contributed by atoms with E-state index in [9.17, 15) is 13.2 Å². The Morgan fingerprint density at radius 2 is 2.14 bits per heavy atom. The minimum atomic E-state index is -3.68. The average molecular weight is 325 g/mol. The molecule has 0 spiro atoms. The first-order valence-corrected chi connectivity index (χ1v) is 9.07. The van der Waals surface area contributed by atoms with Crippen molar-refractivity contribution >= 4 is 15.7 Å². The molecule has 0 aliphatic carbocycles. The van der Waals surface area contributed by atoms with Crippen molar-refractivity contribution in [1.29, 1.82) is 0 Å². The fourth-order valence-corrected chi connectivity index (χ4v) is 4.12. The van der Waals surface area contributed by atoms with Crippen molar-refractivity contribution in [3.63, 3.8) is 0 Å². The van der Waals surface area contributed by atoms with Crippen LogP contribution in [0.3, 0.4) is 0 Å². The summed E-state index contributed by atoms with van der Waals surface area (Å²) in [6.45, 7) is 6.15. The maximum atomic E-state index is 12.6. The summed E-state index contributed by atoms with van der Waals surface area (Å²) in [7, 11) is -3.68. The Hall–Kier alpha value is -1.40. The normalized spacial score (nSPS) is 19.9. The Bertz CT molecular complexity index is 648. The number of ether oxygens (including phenoxy) is 1. The molecule has 1 fully saturated rings. The largest absolute Gasteiger partial charge is 0.376 e. The first-order chi connectivity index (χ1) is 10.3. The lowest BCUT2D eigenvalue weighted by Gasteiger charge is -2.17. The molecule has 1 aliphatic rings. The average Bonchev–Trinajstić information content (AvgIpc) is 2.96. The van der Waals surface area contributed by atoms with Crippen molar-refractivity contribution in [3.8, 4) is 0 Å². The highest BCUT2D eigenvalue weighted by molar-refractivity contribution is 7.92. The Balaban J connectivity index is 2.08. The number of nitrogens with one attached hydrogen (secondary N) is 1. The third-order valence-electron chi connectivity index (χ3n) is 4.00. The van der Waals surface area contributed by atoms with E-state index >= 15 is 0 Å². The van der Waals surface area contributed by atoms with Crippen LogP contribution in [0.2, 0.25) is 0 Å². The van der Waals surface area contributed by atoms with Crippen molar-refractivity contribution in [2.75, 3.05) is 13.2 Å². The summed E-state index contributed by atoms with van der Waals surface area (Å²) in [5.41, 5.74) is 1.66. The highest BCUT2D eigenvalue weighted by atomic mass is 32.2. The molecule has 5 nitrogen and oxygen atoms in total. The second-order valence-corrected chi connectivity index (χ2v) is 8.07. The van der Waals surface area contributed by atoms with E-state index in [1.807, 2.05) is 13.0 Å². The summed E-state index contributed by atoms with van der Waals surface area (Å²) in [5.74, 6) is -0.476. The quantitative estimate of drug-likeness (QED) is 0.895. The van der Waals surface area contributed by atoms with Crippen LogP contribution in [0.1, 0.15) is 30.9 Å². The number of benzene rings is 1. The van der Waals surface area contributed by atoms with Gasteiger partial charge in [0, 0.05) is 13.2 Å². The topological polar surface area (TPSA) is 72.5 Å². The number of carbonyl (C=O) groups is 1. The zero-order valence-electron chi connectivity index (χ0n) is 13.3. The lowest BCUT2D eigenvalue weighted by atomic mass is 10.2. The molecule has 0 unspecified atom stereocenters. The smallest absolute Gasteiger partial charge is 0.238 e. The van der Waals surface area contributed by atoms with Gasteiger partial charge in [-0.15, -0.1) is 0 Å². The molecule has 6 heteroatoms. The molecule has 1 amide bonds. The minimum Gasteiger partial charge on any atom is -0.376 e. The zero-order chi connectivity index (χ0) is 16.3. The molecule has 122 valence electrons. The van der Waals surface area contributed by atoms with E-state index in [0.29, 0.717) is 18.7 Å². The van der Waals surface area contributed by atoms with Gasteiger partial charge in [-0.25, -0.2) is 8.42 Å². The van der Waals surface area contributed by atoms with E-state index in [1.54, 1.807) is 19.1 Å². The maximum absolute atomic E-state index is 12.6. The Morgan fingerprint density at radius 3 is 2.73 bits per heavy atom. The Morgan fingerprint density at radius 1 is 1.41 bits per heavy atom. The molecular formula is C16H23NO4S. The van der Waals surface area contributed by atoms with Gasteiger partial charge in [0.05, 0.1) is 11.0 Å². The number of aryl methyl sites for hydroxylation is 2. The van der Waals surface area contributed by atoms with Crippen LogP contribution in [0.25, 0.3) is 0 Å². The van der Waals surface area contributed by atoms with Gasteiger partial charge in [0.2, 0.25) is 5.91 Å². The summed E-state index contributed by atoms with van der Waals surface area (Å²) in [5, 5.41) is 1.57. The van der Waals surface area contributed by atoms with Crippen molar-refractivity contribution in [2.45, 2.75) is 49.9 Å². The number of amides is 1. The molecule has 0 aromatic heterocycles. The van der Waals surface area contributed by atoms with Crippen LogP contribution < -0.4 is 5.32 Å².